The lowest BCUT2D eigenvalue weighted by Gasteiger charge is -1.99. The number of nitrogens with zero attached hydrogens (tertiary/aromatic N) is 2. The second-order valence-electron chi connectivity index (χ2n) is 3.55. The van der Waals surface area contributed by atoms with Crippen LogP contribution in [0.15, 0.2) is 23.6 Å². The first-order valence-electron chi connectivity index (χ1n) is 5.18. The summed E-state index contributed by atoms with van der Waals surface area (Å²) in [4.78, 5) is 15.5. The van der Waals surface area contributed by atoms with Crippen molar-refractivity contribution in [3.05, 3.63) is 33.6 Å². The first kappa shape index (κ1) is 13.8. The number of nitrogens with one attached hydrogen (secondary N) is 1. The third kappa shape index (κ3) is 3.44. The van der Waals surface area contributed by atoms with E-state index < -0.39 is 0 Å². The summed E-state index contributed by atoms with van der Waals surface area (Å²) >= 11 is 13.1. The van der Waals surface area contributed by atoms with Gasteiger partial charge in [-0.1, -0.05) is 29.3 Å². The largest absolute Gasteiger partial charge is 0.309 e. The maximum atomic E-state index is 11.2. The Morgan fingerprint density at radius 1 is 1.42 bits per heavy atom. The number of nitriles is 1. The minimum absolute atomic E-state index is 0.195. The van der Waals surface area contributed by atoms with E-state index >= 15 is 0 Å². The van der Waals surface area contributed by atoms with Crippen LogP contribution < -0.4 is 5.32 Å². The molecule has 96 valence electrons. The molecule has 0 fully saturated rings. The van der Waals surface area contributed by atoms with Crippen LogP contribution in [0.4, 0.5) is 5.82 Å². The van der Waals surface area contributed by atoms with Crippen molar-refractivity contribution in [2.45, 2.75) is 6.42 Å². The van der Waals surface area contributed by atoms with Crippen LogP contribution in [0.5, 0.6) is 0 Å². The lowest BCUT2D eigenvalue weighted by Crippen LogP contribution is -2.10. The number of thiazole rings is 1. The molecule has 0 aliphatic carbocycles. The van der Waals surface area contributed by atoms with Gasteiger partial charge in [0.15, 0.2) is 0 Å². The second kappa shape index (κ2) is 6.02. The maximum Gasteiger partial charge on any atom is 0.239 e. The Balaban J connectivity index is 2.19. The van der Waals surface area contributed by atoms with Gasteiger partial charge in [0.1, 0.15) is 17.2 Å². The average molecular weight is 312 g/mol. The van der Waals surface area contributed by atoms with E-state index in [0.29, 0.717) is 20.9 Å². The molecule has 0 aliphatic rings. The highest BCUT2D eigenvalue weighted by Crippen LogP contribution is 2.31. The normalized spacial score (nSPS) is 9.95. The van der Waals surface area contributed by atoms with E-state index in [-0.39, 0.29) is 12.3 Å². The standard InChI is InChI=1S/C12H7Cl2N3OS/c13-8-2-1-7(5-9(8)14)12-17-10(6-19-12)16-11(18)3-4-15/h1-2,5-6H,3H2,(H,16,18). The summed E-state index contributed by atoms with van der Waals surface area (Å²) in [6.07, 6.45) is -0.195. The third-order valence-corrected chi connectivity index (χ3v) is 3.81. The number of anilines is 1. The topological polar surface area (TPSA) is 65.8 Å². The van der Waals surface area contributed by atoms with Gasteiger partial charge < -0.3 is 5.32 Å². The van der Waals surface area contributed by atoms with Crippen LogP contribution in [0.1, 0.15) is 6.42 Å². The Morgan fingerprint density at radius 2 is 2.21 bits per heavy atom. The second-order valence-corrected chi connectivity index (χ2v) is 5.22. The Morgan fingerprint density at radius 3 is 2.89 bits per heavy atom. The van der Waals surface area contributed by atoms with Gasteiger partial charge in [0.25, 0.3) is 0 Å². The zero-order valence-corrected chi connectivity index (χ0v) is 11.8. The molecule has 0 aliphatic heterocycles. The van der Waals surface area contributed by atoms with Crippen LogP contribution in [0, 0.1) is 11.3 Å². The lowest BCUT2D eigenvalue weighted by molar-refractivity contribution is -0.115. The number of aromatic nitrogens is 1. The minimum Gasteiger partial charge on any atom is -0.309 e. The number of halogens is 2. The molecule has 0 bridgehead atoms. The van der Waals surface area contributed by atoms with Gasteiger partial charge in [0.2, 0.25) is 5.91 Å². The van der Waals surface area contributed by atoms with Gasteiger partial charge in [-0.15, -0.1) is 11.3 Å². The molecule has 0 spiro atoms. The van der Waals surface area contributed by atoms with Crippen molar-refractivity contribution in [1.82, 2.24) is 4.98 Å². The van der Waals surface area contributed by atoms with Gasteiger partial charge in [0.05, 0.1) is 16.1 Å². The molecule has 0 unspecified atom stereocenters. The number of rotatable bonds is 3. The van der Waals surface area contributed by atoms with Gasteiger partial charge in [-0.05, 0) is 12.1 Å². The van der Waals surface area contributed by atoms with E-state index in [1.54, 1.807) is 29.6 Å². The summed E-state index contributed by atoms with van der Waals surface area (Å²) in [5.41, 5.74) is 0.820. The van der Waals surface area contributed by atoms with E-state index in [4.69, 9.17) is 28.5 Å². The molecule has 1 aromatic heterocycles. The monoisotopic (exact) mass is 311 g/mol. The predicted octanol–water partition coefficient (Wildman–Crippen LogP) is 3.97. The molecule has 2 rings (SSSR count). The fourth-order valence-electron chi connectivity index (χ4n) is 1.35. The van der Waals surface area contributed by atoms with E-state index in [2.05, 4.69) is 10.3 Å². The number of hydrogen-bond acceptors (Lipinski definition) is 4. The smallest absolute Gasteiger partial charge is 0.239 e. The number of carbonyl (C=O) groups is 1. The summed E-state index contributed by atoms with van der Waals surface area (Å²) in [7, 11) is 0. The molecule has 0 radical (unpaired) electrons. The van der Waals surface area contributed by atoms with Crippen LogP contribution in [-0.2, 0) is 4.79 Å². The zero-order valence-electron chi connectivity index (χ0n) is 9.48. The van der Waals surface area contributed by atoms with Crippen LogP contribution >= 0.6 is 34.5 Å². The van der Waals surface area contributed by atoms with Gasteiger partial charge in [-0.25, -0.2) is 4.98 Å². The van der Waals surface area contributed by atoms with Crippen molar-refractivity contribution >= 4 is 46.3 Å². The molecular weight excluding hydrogens is 305 g/mol. The molecule has 0 saturated carbocycles. The highest BCUT2D eigenvalue weighted by atomic mass is 35.5. The molecule has 0 saturated heterocycles. The quantitative estimate of drug-likeness (QED) is 0.932. The Hall–Kier alpha value is -1.61. The van der Waals surface area contributed by atoms with Crippen molar-refractivity contribution in [3.63, 3.8) is 0 Å². The first-order valence-corrected chi connectivity index (χ1v) is 6.81. The van der Waals surface area contributed by atoms with Crippen LogP contribution in [0.2, 0.25) is 10.0 Å². The SMILES string of the molecule is N#CCC(=O)Nc1csc(-c2ccc(Cl)c(Cl)c2)n1. The lowest BCUT2D eigenvalue weighted by atomic mass is 10.2. The number of hydrogen-bond donors (Lipinski definition) is 1. The van der Waals surface area contributed by atoms with Gasteiger partial charge in [-0.2, -0.15) is 5.26 Å². The van der Waals surface area contributed by atoms with Crippen molar-refractivity contribution in [2.24, 2.45) is 0 Å². The Labute approximate surface area is 123 Å². The van der Waals surface area contributed by atoms with Crippen molar-refractivity contribution in [1.29, 1.82) is 5.26 Å². The molecule has 0 atom stereocenters. The van der Waals surface area contributed by atoms with E-state index in [1.807, 2.05) is 0 Å². The number of benzene rings is 1. The molecule has 1 N–H and O–H groups in total. The van der Waals surface area contributed by atoms with Crippen molar-refractivity contribution in [3.8, 4) is 16.6 Å². The summed E-state index contributed by atoms with van der Waals surface area (Å²) in [5, 5.41) is 14.3. The molecule has 1 amide bonds. The summed E-state index contributed by atoms with van der Waals surface area (Å²) < 4.78 is 0. The summed E-state index contributed by atoms with van der Waals surface area (Å²) in [5.74, 6) is 0.0415. The molecule has 2 aromatic rings. The van der Waals surface area contributed by atoms with Gasteiger partial charge >= 0.3 is 0 Å². The Bertz CT molecular complexity index is 663. The van der Waals surface area contributed by atoms with Gasteiger partial charge in [-0.3, -0.25) is 4.79 Å². The third-order valence-electron chi connectivity index (χ3n) is 2.18. The molecular formula is C12H7Cl2N3OS. The molecule has 7 heteroatoms. The molecule has 4 nitrogen and oxygen atoms in total. The van der Waals surface area contributed by atoms with Crippen LogP contribution in [0.25, 0.3) is 10.6 Å². The maximum absolute atomic E-state index is 11.2. The summed E-state index contributed by atoms with van der Waals surface area (Å²) in [6, 6.07) is 6.97. The zero-order chi connectivity index (χ0) is 13.8. The van der Waals surface area contributed by atoms with Crippen LogP contribution in [-0.4, -0.2) is 10.9 Å². The van der Waals surface area contributed by atoms with Crippen molar-refractivity contribution < 1.29 is 4.79 Å². The minimum atomic E-state index is -0.381. The number of amides is 1. The Kier molecular flexibility index (Phi) is 4.38. The molecule has 1 heterocycles. The fourth-order valence-corrected chi connectivity index (χ4v) is 2.40. The van der Waals surface area contributed by atoms with Gasteiger partial charge in [0, 0.05) is 10.9 Å². The average Bonchev–Trinajstić information content (AvgIpc) is 2.81. The molecule has 19 heavy (non-hydrogen) atoms. The first-order chi connectivity index (χ1) is 9.10. The van der Waals surface area contributed by atoms with Crippen LogP contribution in [0.3, 0.4) is 0 Å². The highest BCUT2D eigenvalue weighted by Gasteiger charge is 2.09. The summed E-state index contributed by atoms with van der Waals surface area (Å²) in [6.45, 7) is 0. The van der Waals surface area contributed by atoms with E-state index in [0.717, 1.165) is 5.56 Å². The predicted molar refractivity (Wildman–Crippen MR) is 76.4 cm³/mol. The van der Waals surface area contributed by atoms with Crippen molar-refractivity contribution in [2.75, 3.05) is 5.32 Å². The highest BCUT2D eigenvalue weighted by molar-refractivity contribution is 7.13. The van der Waals surface area contributed by atoms with E-state index in [9.17, 15) is 4.79 Å². The number of carbonyl (C=O) groups excluding carboxylic acids is 1. The van der Waals surface area contributed by atoms with E-state index in [1.165, 1.54) is 11.3 Å². The fraction of sp³-hybridized carbons (Fsp3) is 0.0833. The molecule has 1 aromatic carbocycles.